The number of anilines is 1. The molecule has 0 saturated heterocycles. The van der Waals surface area contributed by atoms with Gasteiger partial charge in [0.05, 0.1) is 8.07 Å². The average molecular weight is 179 g/mol. The predicted molar refractivity (Wildman–Crippen MR) is 58.6 cm³/mol. The molecule has 0 aromatic heterocycles. The molecular formula is C10H17NSi. The van der Waals surface area contributed by atoms with Gasteiger partial charge in [0.25, 0.3) is 0 Å². The van der Waals surface area contributed by atoms with Gasteiger partial charge in [-0.3, -0.25) is 0 Å². The number of hydrogen-bond acceptors (Lipinski definition) is 1. The summed E-state index contributed by atoms with van der Waals surface area (Å²) >= 11 is 0. The van der Waals surface area contributed by atoms with Crippen LogP contribution >= 0.6 is 0 Å². The van der Waals surface area contributed by atoms with E-state index in [0.717, 1.165) is 5.69 Å². The van der Waals surface area contributed by atoms with E-state index in [1.807, 2.05) is 6.07 Å². The van der Waals surface area contributed by atoms with Crippen LogP contribution < -0.4 is 10.9 Å². The third kappa shape index (κ3) is 2.11. The topological polar surface area (TPSA) is 26.0 Å². The zero-order valence-corrected chi connectivity index (χ0v) is 9.31. The molecule has 2 N–H and O–H groups in total. The lowest BCUT2D eigenvalue weighted by atomic mass is 10.2. The van der Waals surface area contributed by atoms with Gasteiger partial charge in [0.15, 0.2) is 0 Å². The summed E-state index contributed by atoms with van der Waals surface area (Å²) in [7, 11) is -1.18. The zero-order chi connectivity index (χ0) is 9.35. The fraction of sp³-hybridized carbons (Fsp3) is 0.400. The van der Waals surface area contributed by atoms with Crippen LogP contribution in [0.4, 0.5) is 5.69 Å². The highest BCUT2D eigenvalue weighted by molar-refractivity contribution is 6.88. The molecule has 0 aliphatic carbocycles. The molecule has 0 spiro atoms. The summed E-state index contributed by atoms with van der Waals surface area (Å²) in [5.74, 6) is 0. The lowest BCUT2D eigenvalue weighted by molar-refractivity contribution is 1.48. The van der Waals surface area contributed by atoms with Crippen molar-refractivity contribution < 1.29 is 0 Å². The lowest BCUT2D eigenvalue weighted by Gasteiger charge is -2.17. The van der Waals surface area contributed by atoms with E-state index in [2.05, 4.69) is 38.7 Å². The first-order chi connectivity index (χ1) is 5.39. The zero-order valence-electron chi connectivity index (χ0n) is 8.31. The van der Waals surface area contributed by atoms with E-state index < -0.39 is 8.07 Å². The quantitative estimate of drug-likeness (QED) is 0.518. The van der Waals surface area contributed by atoms with Gasteiger partial charge in [0.2, 0.25) is 0 Å². The molecule has 0 amide bonds. The van der Waals surface area contributed by atoms with Crippen LogP contribution in [-0.4, -0.2) is 8.07 Å². The van der Waals surface area contributed by atoms with E-state index >= 15 is 0 Å². The molecule has 1 rings (SSSR count). The molecule has 1 aromatic rings. The Morgan fingerprint density at radius 2 is 1.67 bits per heavy atom. The Kier molecular flexibility index (Phi) is 2.28. The Morgan fingerprint density at radius 1 is 1.08 bits per heavy atom. The Morgan fingerprint density at radius 3 is 2.08 bits per heavy atom. The molecule has 1 aromatic carbocycles. The van der Waals surface area contributed by atoms with Gasteiger partial charge < -0.3 is 5.73 Å². The Labute approximate surface area is 75.6 Å². The van der Waals surface area contributed by atoms with Crippen LogP contribution in [-0.2, 0) is 0 Å². The molecule has 0 atom stereocenters. The van der Waals surface area contributed by atoms with E-state index in [1.54, 1.807) is 0 Å². The van der Waals surface area contributed by atoms with Crippen molar-refractivity contribution >= 4 is 18.9 Å². The largest absolute Gasteiger partial charge is 0.399 e. The van der Waals surface area contributed by atoms with Gasteiger partial charge >= 0.3 is 0 Å². The van der Waals surface area contributed by atoms with Crippen molar-refractivity contribution in [3.05, 3.63) is 23.8 Å². The van der Waals surface area contributed by atoms with Crippen LogP contribution in [0.2, 0.25) is 19.6 Å². The SMILES string of the molecule is Cc1cc(N)cc([Si](C)(C)C)c1. The Hall–Kier alpha value is -0.763. The lowest BCUT2D eigenvalue weighted by Crippen LogP contribution is -2.37. The average Bonchev–Trinajstić information content (AvgIpc) is 1.82. The van der Waals surface area contributed by atoms with Gasteiger partial charge in [-0.15, -0.1) is 0 Å². The highest BCUT2D eigenvalue weighted by Gasteiger charge is 2.16. The van der Waals surface area contributed by atoms with E-state index in [1.165, 1.54) is 10.8 Å². The molecule has 0 bridgehead atoms. The second kappa shape index (κ2) is 2.94. The molecule has 1 nitrogen and oxygen atoms in total. The molecular weight excluding hydrogens is 162 g/mol. The minimum atomic E-state index is -1.18. The standard InChI is InChI=1S/C10H17NSi/c1-8-5-9(11)7-10(6-8)12(2,3)4/h5-7H,11H2,1-4H3. The van der Waals surface area contributed by atoms with Crippen LogP contribution in [0, 0.1) is 6.92 Å². The number of nitrogen functional groups attached to an aromatic ring is 1. The van der Waals surface area contributed by atoms with Crippen molar-refractivity contribution in [2.45, 2.75) is 26.6 Å². The fourth-order valence-electron chi connectivity index (χ4n) is 1.25. The second-order valence-electron chi connectivity index (χ2n) is 4.38. The van der Waals surface area contributed by atoms with E-state index in [4.69, 9.17) is 5.73 Å². The van der Waals surface area contributed by atoms with Crippen LogP contribution in [0.5, 0.6) is 0 Å². The Bertz CT molecular complexity index is 266. The molecule has 0 fully saturated rings. The van der Waals surface area contributed by atoms with Gasteiger partial charge in [0, 0.05) is 5.69 Å². The maximum atomic E-state index is 5.78. The van der Waals surface area contributed by atoms with Gasteiger partial charge in [-0.2, -0.15) is 0 Å². The molecule has 66 valence electrons. The second-order valence-corrected chi connectivity index (χ2v) is 9.46. The van der Waals surface area contributed by atoms with Crippen molar-refractivity contribution in [2.24, 2.45) is 0 Å². The van der Waals surface area contributed by atoms with Crippen LogP contribution in [0.1, 0.15) is 5.56 Å². The normalized spacial score (nSPS) is 11.7. The van der Waals surface area contributed by atoms with Gasteiger partial charge in [-0.05, 0) is 24.6 Å². The first kappa shape index (κ1) is 9.33. The third-order valence-electron chi connectivity index (χ3n) is 1.97. The predicted octanol–water partition coefficient (Wildman–Crippen LogP) is 2.12. The van der Waals surface area contributed by atoms with Crippen molar-refractivity contribution in [1.82, 2.24) is 0 Å². The van der Waals surface area contributed by atoms with Gasteiger partial charge in [-0.25, -0.2) is 0 Å². The number of nitrogens with two attached hydrogens (primary N) is 1. The Balaban J connectivity index is 3.18. The van der Waals surface area contributed by atoms with E-state index in [9.17, 15) is 0 Å². The summed E-state index contributed by atoms with van der Waals surface area (Å²) in [6.45, 7) is 9.10. The number of rotatable bonds is 1. The highest BCUT2D eigenvalue weighted by atomic mass is 28.3. The molecule has 0 radical (unpaired) electrons. The molecule has 0 saturated carbocycles. The summed E-state index contributed by atoms with van der Waals surface area (Å²) in [6.07, 6.45) is 0. The summed E-state index contributed by atoms with van der Waals surface area (Å²) < 4.78 is 0. The van der Waals surface area contributed by atoms with Crippen molar-refractivity contribution in [3.8, 4) is 0 Å². The summed E-state index contributed by atoms with van der Waals surface area (Å²) in [5, 5.41) is 1.44. The molecule has 0 aliphatic heterocycles. The van der Waals surface area contributed by atoms with Gasteiger partial charge in [0.1, 0.15) is 0 Å². The fourth-order valence-corrected chi connectivity index (χ4v) is 2.51. The highest BCUT2D eigenvalue weighted by Crippen LogP contribution is 2.09. The minimum absolute atomic E-state index is 0.896. The third-order valence-corrected chi connectivity index (χ3v) is 3.99. The molecule has 0 heterocycles. The monoisotopic (exact) mass is 179 g/mol. The first-order valence-corrected chi connectivity index (χ1v) is 7.77. The molecule has 0 unspecified atom stereocenters. The number of benzene rings is 1. The van der Waals surface area contributed by atoms with Crippen LogP contribution in [0.25, 0.3) is 0 Å². The van der Waals surface area contributed by atoms with E-state index in [-0.39, 0.29) is 0 Å². The summed E-state index contributed by atoms with van der Waals surface area (Å²) in [5.41, 5.74) is 7.94. The summed E-state index contributed by atoms with van der Waals surface area (Å²) in [4.78, 5) is 0. The van der Waals surface area contributed by atoms with Crippen molar-refractivity contribution in [1.29, 1.82) is 0 Å². The maximum Gasteiger partial charge on any atom is 0.0777 e. The molecule has 12 heavy (non-hydrogen) atoms. The number of hydrogen-bond donors (Lipinski definition) is 1. The summed E-state index contributed by atoms with van der Waals surface area (Å²) in [6, 6.07) is 6.38. The van der Waals surface area contributed by atoms with E-state index in [0.29, 0.717) is 0 Å². The molecule has 2 heteroatoms. The smallest absolute Gasteiger partial charge is 0.0777 e. The van der Waals surface area contributed by atoms with Crippen molar-refractivity contribution in [3.63, 3.8) is 0 Å². The maximum absolute atomic E-state index is 5.78. The van der Waals surface area contributed by atoms with Crippen LogP contribution in [0.3, 0.4) is 0 Å². The minimum Gasteiger partial charge on any atom is -0.399 e. The van der Waals surface area contributed by atoms with Gasteiger partial charge in [-0.1, -0.05) is 30.9 Å². The first-order valence-electron chi connectivity index (χ1n) is 4.27. The number of aryl methyl sites for hydroxylation is 1. The van der Waals surface area contributed by atoms with Crippen molar-refractivity contribution in [2.75, 3.05) is 5.73 Å². The molecule has 0 aliphatic rings. The van der Waals surface area contributed by atoms with Crippen LogP contribution in [0.15, 0.2) is 18.2 Å².